The van der Waals surface area contributed by atoms with Crippen LogP contribution in [0.1, 0.15) is 27.0 Å². The smallest absolute Gasteiger partial charge is 0.262 e. The van der Waals surface area contributed by atoms with Crippen LogP contribution in [0, 0.1) is 20.8 Å². The van der Waals surface area contributed by atoms with Crippen LogP contribution in [0.5, 0.6) is 5.75 Å². The molecule has 3 aromatic carbocycles. The van der Waals surface area contributed by atoms with Crippen LogP contribution < -0.4 is 14.8 Å². The van der Waals surface area contributed by atoms with Crippen molar-refractivity contribution in [3.05, 3.63) is 87.9 Å². The highest BCUT2D eigenvalue weighted by Crippen LogP contribution is 2.24. The molecule has 0 saturated heterocycles. The van der Waals surface area contributed by atoms with Crippen LogP contribution >= 0.6 is 11.6 Å². The fourth-order valence-electron chi connectivity index (χ4n) is 3.04. The molecule has 3 rings (SSSR count). The van der Waals surface area contributed by atoms with Crippen LogP contribution in [0.25, 0.3) is 0 Å². The molecule has 6 nitrogen and oxygen atoms in total. The maximum Gasteiger partial charge on any atom is 0.262 e. The Balaban J connectivity index is 1.68. The summed E-state index contributed by atoms with van der Waals surface area (Å²) in [5, 5.41) is 3.22. The van der Waals surface area contributed by atoms with E-state index in [0.717, 1.165) is 11.1 Å². The lowest BCUT2D eigenvalue weighted by molar-refractivity contribution is 0.0947. The highest BCUT2D eigenvalue weighted by atomic mass is 35.5. The molecule has 0 aliphatic rings. The van der Waals surface area contributed by atoms with Crippen LogP contribution in [0.15, 0.2) is 65.6 Å². The zero-order valence-corrected chi connectivity index (χ0v) is 19.7. The second kappa shape index (κ2) is 10.1. The number of hydrogen-bond acceptors (Lipinski definition) is 4. The van der Waals surface area contributed by atoms with Gasteiger partial charge in [-0.25, -0.2) is 8.42 Å². The summed E-state index contributed by atoms with van der Waals surface area (Å²) in [6.07, 6.45) is 0. The minimum atomic E-state index is -3.86. The van der Waals surface area contributed by atoms with Gasteiger partial charge in [-0.2, -0.15) is 0 Å². The van der Waals surface area contributed by atoms with Crippen molar-refractivity contribution in [3.63, 3.8) is 0 Å². The van der Waals surface area contributed by atoms with E-state index in [9.17, 15) is 13.2 Å². The van der Waals surface area contributed by atoms with Crippen molar-refractivity contribution in [2.24, 2.45) is 0 Å². The van der Waals surface area contributed by atoms with Crippen molar-refractivity contribution in [2.75, 3.05) is 17.9 Å². The minimum absolute atomic E-state index is 0.0516. The van der Waals surface area contributed by atoms with Gasteiger partial charge in [-0.15, -0.1) is 0 Å². The van der Waals surface area contributed by atoms with E-state index in [0.29, 0.717) is 22.0 Å². The summed E-state index contributed by atoms with van der Waals surface area (Å²) in [5.41, 5.74) is 3.31. The van der Waals surface area contributed by atoms with Crippen LogP contribution in [-0.4, -0.2) is 27.5 Å². The molecule has 168 valence electrons. The molecular formula is C24H25ClN2O4S. The summed E-state index contributed by atoms with van der Waals surface area (Å²) in [4.78, 5) is 12.6. The number of carbonyl (C=O) groups excluding carboxylic acids is 1. The standard InChI is InChI=1S/C24H25ClN2O4S/c1-16-9-11-20(14-18(16)3)27-32(29,30)23-15-19(10-8-17(23)2)24(28)26-12-13-31-22-7-5-4-6-21(22)25/h4-11,14-15,27H,12-13H2,1-3H3,(H,26,28). The quantitative estimate of drug-likeness (QED) is 0.458. The number of para-hydroxylation sites is 1. The number of benzene rings is 3. The van der Waals surface area contributed by atoms with E-state index >= 15 is 0 Å². The number of hydrogen-bond donors (Lipinski definition) is 2. The molecule has 2 N–H and O–H groups in total. The van der Waals surface area contributed by atoms with Crippen molar-refractivity contribution in [2.45, 2.75) is 25.7 Å². The zero-order chi connectivity index (χ0) is 23.3. The fraction of sp³-hybridized carbons (Fsp3) is 0.208. The lowest BCUT2D eigenvalue weighted by atomic mass is 10.1. The number of nitrogens with one attached hydrogen (secondary N) is 2. The number of carbonyl (C=O) groups is 1. The number of ether oxygens (including phenoxy) is 1. The zero-order valence-electron chi connectivity index (χ0n) is 18.1. The molecule has 32 heavy (non-hydrogen) atoms. The van der Waals surface area contributed by atoms with Gasteiger partial charge in [0.05, 0.1) is 16.5 Å². The van der Waals surface area contributed by atoms with Gasteiger partial charge >= 0.3 is 0 Å². The number of amides is 1. The molecule has 0 saturated carbocycles. The second-order valence-corrected chi connectivity index (χ2v) is 9.48. The summed E-state index contributed by atoms with van der Waals surface area (Å²) < 4.78 is 34.1. The number of rotatable bonds is 8. The first-order chi connectivity index (χ1) is 15.2. The largest absolute Gasteiger partial charge is 0.490 e. The van der Waals surface area contributed by atoms with E-state index in [1.165, 1.54) is 6.07 Å². The normalized spacial score (nSPS) is 11.1. The average molecular weight is 473 g/mol. The van der Waals surface area contributed by atoms with Crippen molar-refractivity contribution >= 4 is 33.2 Å². The molecule has 0 heterocycles. The van der Waals surface area contributed by atoms with Gasteiger partial charge in [0.25, 0.3) is 15.9 Å². The molecule has 0 fully saturated rings. The van der Waals surface area contributed by atoms with Crippen molar-refractivity contribution < 1.29 is 17.9 Å². The Morgan fingerprint density at radius 3 is 2.38 bits per heavy atom. The summed E-state index contributed by atoms with van der Waals surface area (Å²) in [7, 11) is -3.86. The third kappa shape index (κ3) is 5.81. The molecule has 0 unspecified atom stereocenters. The van der Waals surface area contributed by atoms with E-state index in [4.69, 9.17) is 16.3 Å². The SMILES string of the molecule is Cc1ccc(NS(=O)(=O)c2cc(C(=O)NCCOc3ccccc3Cl)ccc2C)cc1C. The van der Waals surface area contributed by atoms with E-state index in [1.807, 2.05) is 19.9 Å². The predicted molar refractivity (Wildman–Crippen MR) is 127 cm³/mol. The third-order valence-electron chi connectivity index (χ3n) is 4.98. The van der Waals surface area contributed by atoms with Crippen molar-refractivity contribution in [1.29, 1.82) is 0 Å². The molecule has 8 heteroatoms. The van der Waals surface area contributed by atoms with Gasteiger partial charge in [0.1, 0.15) is 12.4 Å². The first kappa shape index (κ1) is 23.6. The van der Waals surface area contributed by atoms with Gasteiger partial charge < -0.3 is 10.1 Å². The number of anilines is 1. The summed E-state index contributed by atoms with van der Waals surface area (Å²) in [5.74, 6) is 0.139. The topological polar surface area (TPSA) is 84.5 Å². The van der Waals surface area contributed by atoms with Crippen LogP contribution in [0.2, 0.25) is 5.02 Å². The van der Waals surface area contributed by atoms with Crippen LogP contribution in [-0.2, 0) is 10.0 Å². The van der Waals surface area contributed by atoms with Crippen molar-refractivity contribution in [3.8, 4) is 5.75 Å². The Bertz CT molecular complexity index is 1240. The molecule has 0 atom stereocenters. The summed E-state index contributed by atoms with van der Waals surface area (Å²) in [6, 6.07) is 17.0. The molecule has 0 radical (unpaired) electrons. The van der Waals surface area contributed by atoms with Crippen LogP contribution in [0.4, 0.5) is 5.69 Å². The van der Waals surface area contributed by atoms with Crippen LogP contribution in [0.3, 0.4) is 0 Å². The fourth-order valence-corrected chi connectivity index (χ4v) is 4.55. The highest BCUT2D eigenvalue weighted by molar-refractivity contribution is 7.92. The van der Waals surface area contributed by atoms with E-state index < -0.39 is 15.9 Å². The first-order valence-electron chi connectivity index (χ1n) is 10.0. The van der Waals surface area contributed by atoms with E-state index in [-0.39, 0.29) is 23.6 Å². The molecule has 0 bridgehead atoms. The number of halogens is 1. The van der Waals surface area contributed by atoms with Gasteiger partial charge in [0.2, 0.25) is 0 Å². The van der Waals surface area contributed by atoms with E-state index in [1.54, 1.807) is 55.5 Å². The lowest BCUT2D eigenvalue weighted by Gasteiger charge is -2.13. The molecular weight excluding hydrogens is 448 g/mol. The second-order valence-electron chi connectivity index (χ2n) is 7.42. The number of aryl methyl sites for hydroxylation is 3. The van der Waals surface area contributed by atoms with Gasteiger partial charge in [-0.1, -0.05) is 35.9 Å². The average Bonchev–Trinajstić information content (AvgIpc) is 2.75. The molecule has 0 aliphatic heterocycles. The maximum absolute atomic E-state index is 13.0. The monoisotopic (exact) mass is 472 g/mol. The Morgan fingerprint density at radius 2 is 1.66 bits per heavy atom. The Labute approximate surface area is 193 Å². The molecule has 1 amide bonds. The summed E-state index contributed by atoms with van der Waals surface area (Å²) in [6.45, 7) is 6.02. The summed E-state index contributed by atoms with van der Waals surface area (Å²) >= 11 is 6.04. The Hall–Kier alpha value is -3.03. The van der Waals surface area contributed by atoms with E-state index in [2.05, 4.69) is 10.0 Å². The van der Waals surface area contributed by atoms with Gasteiger partial charge in [0, 0.05) is 11.3 Å². The van der Waals surface area contributed by atoms with Crippen molar-refractivity contribution in [1.82, 2.24) is 5.32 Å². The van der Waals surface area contributed by atoms with Gasteiger partial charge in [-0.3, -0.25) is 9.52 Å². The van der Waals surface area contributed by atoms with Gasteiger partial charge in [0.15, 0.2) is 0 Å². The Morgan fingerprint density at radius 1 is 0.938 bits per heavy atom. The Kier molecular flexibility index (Phi) is 7.43. The third-order valence-corrected chi connectivity index (χ3v) is 6.82. The minimum Gasteiger partial charge on any atom is -0.490 e. The molecule has 0 spiro atoms. The molecule has 3 aromatic rings. The lowest BCUT2D eigenvalue weighted by Crippen LogP contribution is -2.28. The molecule has 0 aromatic heterocycles. The molecule has 0 aliphatic carbocycles. The maximum atomic E-state index is 13.0. The predicted octanol–water partition coefficient (Wildman–Crippen LogP) is 4.87. The first-order valence-corrected chi connectivity index (χ1v) is 11.9. The van der Waals surface area contributed by atoms with Gasteiger partial charge in [-0.05, 0) is 73.9 Å². The highest BCUT2D eigenvalue weighted by Gasteiger charge is 2.19. The number of sulfonamides is 1.